The molecule has 236 valence electrons. The van der Waals surface area contributed by atoms with Gasteiger partial charge in [-0.1, -0.05) is 54.1 Å². The average molecular weight is 639 g/mol. The van der Waals surface area contributed by atoms with Gasteiger partial charge < -0.3 is 21.1 Å². The molecule has 4 N–H and O–H groups in total. The number of nitrogens with zero attached hydrogens (tertiary/aromatic N) is 1. The number of hydrogen-bond donors (Lipinski definition) is 4. The molecule has 2 aliphatic rings. The Hall–Kier alpha value is -3.11. The van der Waals surface area contributed by atoms with E-state index in [0.717, 1.165) is 43.2 Å². The average Bonchev–Trinajstić information content (AvgIpc) is 2.98. The van der Waals surface area contributed by atoms with Crippen molar-refractivity contribution in [1.29, 1.82) is 0 Å². The molecular weight excluding hydrogens is 596 g/mol. The minimum Gasteiger partial charge on any atom is -0.390 e. The number of β-amino-alcohol motifs (C(OH)–C–C–N with tert-alkyl or cyclic N) is 1. The lowest BCUT2D eigenvalue weighted by molar-refractivity contribution is 0.0760. The number of sulfonamides is 1. The highest BCUT2D eigenvalue weighted by Crippen LogP contribution is 2.35. The first-order chi connectivity index (χ1) is 21.2. The van der Waals surface area contributed by atoms with E-state index in [-0.39, 0.29) is 17.2 Å². The number of rotatable bonds is 13. The second kappa shape index (κ2) is 14.3. The Kier molecular flexibility index (Phi) is 10.5. The number of aliphatic hydroxyl groups is 1. The van der Waals surface area contributed by atoms with Crippen molar-refractivity contribution in [2.75, 3.05) is 35.0 Å². The smallest absolute Gasteiger partial charge is 0.251 e. The third-order valence-corrected chi connectivity index (χ3v) is 10.8. The third kappa shape index (κ3) is 8.13. The fraction of sp³-hybridized carbons (Fsp3) is 0.441. The number of halogens is 1. The van der Waals surface area contributed by atoms with Crippen LogP contribution in [0.15, 0.2) is 72.8 Å². The number of hydrogen-bond acceptors (Lipinski definition) is 6. The number of anilines is 2. The molecule has 0 aromatic heterocycles. The van der Waals surface area contributed by atoms with Crippen molar-refractivity contribution in [3.63, 3.8) is 0 Å². The van der Waals surface area contributed by atoms with Gasteiger partial charge in [-0.15, -0.1) is 0 Å². The van der Waals surface area contributed by atoms with E-state index in [1.54, 1.807) is 18.2 Å². The van der Waals surface area contributed by atoms with Crippen LogP contribution < -0.4 is 20.3 Å². The molecule has 0 radical (unpaired) electrons. The fourth-order valence-electron chi connectivity index (χ4n) is 6.19. The Morgan fingerprint density at radius 2 is 1.77 bits per heavy atom. The number of nitrogens with one attached hydrogen (secondary N) is 3. The normalized spacial score (nSPS) is 18.6. The van der Waals surface area contributed by atoms with Gasteiger partial charge in [-0.05, 0) is 93.3 Å². The van der Waals surface area contributed by atoms with Crippen LogP contribution in [0.1, 0.15) is 60.5 Å². The van der Waals surface area contributed by atoms with Gasteiger partial charge >= 0.3 is 0 Å². The third-order valence-electron chi connectivity index (χ3n) is 8.71. The SMILES string of the molecule is CCNc1cc(C(=O)N[C@@H](Cc2ccccc2)[C@H](O)CNC2(Cc3cccc(Cl)c3)CCC2)cc(N2CCCCS2(=O)=O)c1. The molecule has 5 rings (SSSR count). The number of amides is 1. The summed E-state index contributed by atoms with van der Waals surface area (Å²) < 4.78 is 27.2. The molecule has 1 saturated carbocycles. The minimum atomic E-state index is -3.45. The van der Waals surface area contributed by atoms with Crippen LogP contribution in [-0.4, -0.2) is 62.5 Å². The van der Waals surface area contributed by atoms with E-state index in [1.807, 2.05) is 55.5 Å². The van der Waals surface area contributed by atoms with Gasteiger partial charge in [0.15, 0.2) is 0 Å². The van der Waals surface area contributed by atoms with Gasteiger partial charge in [-0.3, -0.25) is 9.10 Å². The maximum absolute atomic E-state index is 13.8. The summed E-state index contributed by atoms with van der Waals surface area (Å²) in [5, 5.41) is 22.2. The molecule has 0 bridgehead atoms. The summed E-state index contributed by atoms with van der Waals surface area (Å²) >= 11 is 6.24. The largest absolute Gasteiger partial charge is 0.390 e. The van der Waals surface area contributed by atoms with Gasteiger partial charge in [0, 0.05) is 41.4 Å². The lowest BCUT2D eigenvalue weighted by Gasteiger charge is -2.44. The van der Waals surface area contributed by atoms with Crippen LogP contribution >= 0.6 is 11.6 Å². The number of aliphatic hydroxyl groups excluding tert-OH is 1. The van der Waals surface area contributed by atoms with Crippen molar-refractivity contribution in [3.8, 4) is 0 Å². The zero-order chi connectivity index (χ0) is 31.2. The molecule has 1 saturated heterocycles. The van der Waals surface area contributed by atoms with Crippen LogP contribution in [0.25, 0.3) is 0 Å². The van der Waals surface area contributed by atoms with Crippen LogP contribution in [-0.2, 0) is 22.9 Å². The fourth-order valence-corrected chi connectivity index (χ4v) is 8.03. The van der Waals surface area contributed by atoms with Crippen molar-refractivity contribution in [1.82, 2.24) is 10.6 Å². The summed E-state index contributed by atoms with van der Waals surface area (Å²) in [5.41, 5.74) is 3.51. The van der Waals surface area contributed by atoms with E-state index >= 15 is 0 Å². The standard InChI is InChI=1S/C34H43ClN4O4S/c1-2-36-29-20-27(21-30(22-29)39-16-6-7-17-44(39,42)43)33(41)38-31(19-25-10-4-3-5-11-25)32(40)24-37-34(14-9-15-34)23-26-12-8-13-28(35)18-26/h3-5,8,10-13,18,20-22,31-32,36-37,40H,2,6-7,9,14-17,19,23-24H2,1H3,(H,38,41)/t31-,32+/m0/s1. The van der Waals surface area contributed by atoms with Crippen LogP contribution in [0.3, 0.4) is 0 Å². The molecule has 2 atom stereocenters. The first-order valence-electron chi connectivity index (χ1n) is 15.6. The molecule has 8 nitrogen and oxygen atoms in total. The monoisotopic (exact) mass is 638 g/mol. The Labute approximate surface area is 266 Å². The van der Waals surface area contributed by atoms with Gasteiger partial charge in [-0.2, -0.15) is 0 Å². The first kappa shape index (κ1) is 32.3. The first-order valence-corrected chi connectivity index (χ1v) is 17.6. The Bertz CT molecular complexity index is 1530. The maximum Gasteiger partial charge on any atom is 0.251 e. The Balaban J connectivity index is 1.35. The van der Waals surface area contributed by atoms with E-state index in [9.17, 15) is 18.3 Å². The molecule has 2 fully saturated rings. The van der Waals surface area contributed by atoms with Crippen LogP contribution in [0.5, 0.6) is 0 Å². The van der Waals surface area contributed by atoms with Crippen LogP contribution in [0.2, 0.25) is 5.02 Å². The Morgan fingerprint density at radius 3 is 2.45 bits per heavy atom. The highest BCUT2D eigenvalue weighted by atomic mass is 35.5. The molecule has 1 heterocycles. The van der Waals surface area contributed by atoms with Crippen LogP contribution in [0, 0.1) is 0 Å². The van der Waals surface area contributed by atoms with E-state index in [4.69, 9.17) is 11.6 Å². The summed E-state index contributed by atoms with van der Waals surface area (Å²) in [6.07, 6.45) is 4.91. The van der Waals surface area contributed by atoms with Gasteiger partial charge in [0.2, 0.25) is 10.0 Å². The zero-order valence-electron chi connectivity index (χ0n) is 25.3. The number of carbonyl (C=O) groups excluding carboxylic acids is 1. The van der Waals surface area contributed by atoms with E-state index < -0.39 is 22.2 Å². The minimum absolute atomic E-state index is 0.0944. The predicted molar refractivity (Wildman–Crippen MR) is 178 cm³/mol. The summed E-state index contributed by atoms with van der Waals surface area (Å²) in [4.78, 5) is 13.8. The highest BCUT2D eigenvalue weighted by molar-refractivity contribution is 7.92. The molecule has 1 amide bonds. The van der Waals surface area contributed by atoms with Crippen molar-refractivity contribution < 1.29 is 18.3 Å². The highest BCUT2D eigenvalue weighted by Gasteiger charge is 2.38. The van der Waals surface area contributed by atoms with E-state index in [1.165, 1.54) is 4.31 Å². The molecule has 3 aromatic carbocycles. The molecule has 0 spiro atoms. The molecule has 44 heavy (non-hydrogen) atoms. The van der Waals surface area contributed by atoms with Gasteiger partial charge in [0.25, 0.3) is 5.91 Å². The second-order valence-electron chi connectivity index (χ2n) is 12.1. The van der Waals surface area contributed by atoms with E-state index in [2.05, 4.69) is 22.0 Å². The second-order valence-corrected chi connectivity index (χ2v) is 14.5. The molecule has 0 unspecified atom stereocenters. The summed E-state index contributed by atoms with van der Waals surface area (Å²) in [5.74, 6) is -0.269. The summed E-state index contributed by atoms with van der Waals surface area (Å²) in [6, 6.07) is 22.3. The molecule has 1 aliphatic carbocycles. The topological polar surface area (TPSA) is 111 Å². The predicted octanol–water partition coefficient (Wildman–Crippen LogP) is 5.16. The lowest BCUT2D eigenvalue weighted by Crippen LogP contribution is -2.57. The van der Waals surface area contributed by atoms with Crippen molar-refractivity contribution in [2.45, 2.75) is 69.6 Å². The van der Waals surface area contributed by atoms with Gasteiger partial charge in [-0.25, -0.2) is 8.42 Å². The van der Waals surface area contributed by atoms with Crippen molar-refractivity contribution in [3.05, 3.63) is 94.5 Å². The van der Waals surface area contributed by atoms with Crippen LogP contribution in [0.4, 0.5) is 11.4 Å². The van der Waals surface area contributed by atoms with Crippen molar-refractivity contribution >= 4 is 38.9 Å². The van der Waals surface area contributed by atoms with Gasteiger partial charge in [0.05, 0.1) is 23.6 Å². The van der Waals surface area contributed by atoms with E-state index in [0.29, 0.717) is 54.4 Å². The lowest BCUT2D eigenvalue weighted by atomic mass is 9.72. The summed E-state index contributed by atoms with van der Waals surface area (Å²) in [6.45, 7) is 3.27. The molecule has 10 heteroatoms. The molecule has 1 aliphatic heterocycles. The number of benzene rings is 3. The zero-order valence-corrected chi connectivity index (χ0v) is 26.8. The maximum atomic E-state index is 13.8. The number of carbonyl (C=O) groups is 1. The van der Waals surface area contributed by atoms with Crippen molar-refractivity contribution in [2.24, 2.45) is 0 Å². The molecular formula is C34H43ClN4O4S. The Morgan fingerprint density at radius 1 is 1.00 bits per heavy atom. The molecule has 3 aromatic rings. The van der Waals surface area contributed by atoms with Gasteiger partial charge in [0.1, 0.15) is 0 Å². The quantitative estimate of drug-likeness (QED) is 0.206. The summed E-state index contributed by atoms with van der Waals surface area (Å²) in [7, 11) is -3.45.